The Bertz CT molecular complexity index is 522. The standard InChI is InChI=1S/C16H22N2O3/c1-16(2,3)10-18(11-6-5-7-17-9-11)14(19)12-8-13(12)15(20)21-4/h5-7,9,12-13H,8,10H2,1-4H3/t12-,13+/m0/s1. The number of methoxy groups -OCH3 is 1. The number of pyridine rings is 1. The van der Waals surface area contributed by atoms with Gasteiger partial charge in [-0.3, -0.25) is 14.6 Å². The van der Waals surface area contributed by atoms with Crippen LogP contribution in [-0.2, 0) is 14.3 Å². The number of amides is 1. The van der Waals surface area contributed by atoms with E-state index < -0.39 is 0 Å². The Morgan fingerprint density at radius 1 is 1.38 bits per heavy atom. The van der Waals surface area contributed by atoms with Gasteiger partial charge < -0.3 is 9.64 Å². The molecule has 0 unspecified atom stereocenters. The molecule has 5 nitrogen and oxygen atoms in total. The van der Waals surface area contributed by atoms with E-state index in [0.717, 1.165) is 5.69 Å². The highest BCUT2D eigenvalue weighted by molar-refractivity contribution is 6.00. The number of aromatic nitrogens is 1. The number of esters is 1. The van der Waals surface area contributed by atoms with E-state index in [-0.39, 0.29) is 29.1 Å². The van der Waals surface area contributed by atoms with E-state index in [1.54, 1.807) is 17.3 Å². The molecule has 1 aliphatic rings. The van der Waals surface area contributed by atoms with Crippen LogP contribution in [0.4, 0.5) is 5.69 Å². The lowest BCUT2D eigenvalue weighted by Gasteiger charge is -2.30. The van der Waals surface area contributed by atoms with Crippen molar-refractivity contribution in [2.24, 2.45) is 17.3 Å². The van der Waals surface area contributed by atoms with Gasteiger partial charge in [0.1, 0.15) is 0 Å². The van der Waals surface area contributed by atoms with Crippen molar-refractivity contribution >= 4 is 17.6 Å². The van der Waals surface area contributed by atoms with E-state index in [0.29, 0.717) is 13.0 Å². The van der Waals surface area contributed by atoms with Gasteiger partial charge in [-0.2, -0.15) is 0 Å². The third kappa shape index (κ3) is 3.80. The maximum atomic E-state index is 12.7. The van der Waals surface area contributed by atoms with Crippen molar-refractivity contribution in [3.05, 3.63) is 24.5 Å². The number of hydrogen-bond donors (Lipinski definition) is 0. The molecule has 1 aromatic heterocycles. The van der Waals surface area contributed by atoms with Gasteiger partial charge in [0.25, 0.3) is 0 Å². The fraction of sp³-hybridized carbons (Fsp3) is 0.562. The average Bonchev–Trinajstić information content (AvgIpc) is 3.23. The first-order valence-electron chi connectivity index (χ1n) is 7.13. The smallest absolute Gasteiger partial charge is 0.309 e. The second-order valence-corrected chi connectivity index (χ2v) is 6.67. The molecule has 1 heterocycles. The van der Waals surface area contributed by atoms with E-state index in [2.05, 4.69) is 25.8 Å². The second kappa shape index (κ2) is 5.84. The number of carbonyl (C=O) groups is 2. The largest absolute Gasteiger partial charge is 0.469 e. The monoisotopic (exact) mass is 290 g/mol. The maximum absolute atomic E-state index is 12.7. The normalized spacial score (nSPS) is 20.8. The van der Waals surface area contributed by atoms with Crippen molar-refractivity contribution in [2.75, 3.05) is 18.6 Å². The minimum atomic E-state index is -0.296. The lowest BCUT2D eigenvalue weighted by atomic mass is 9.95. The summed E-state index contributed by atoms with van der Waals surface area (Å²) in [5.74, 6) is -0.870. The van der Waals surface area contributed by atoms with E-state index in [1.807, 2.05) is 12.1 Å². The van der Waals surface area contributed by atoms with Gasteiger partial charge in [-0.15, -0.1) is 0 Å². The van der Waals surface area contributed by atoms with Crippen LogP contribution in [0.5, 0.6) is 0 Å². The van der Waals surface area contributed by atoms with Crippen LogP contribution in [0.15, 0.2) is 24.5 Å². The molecule has 2 atom stereocenters. The molecule has 21 heavy (non-hydrogen) atoms. The van der Waals surface area contributed by atoms with Crippen molar-refractivity contribution in [2.45, 2.75) is 27.2 Å². The molecule has 5 heteroatoms. The molecule has 114 valence electrons. The molecule has 0 spiro atoms. The van der Waals surface area contributed by atoms with Crippen LogP contribution in [0.1, 0.15) is 27.2 Å². The quantitative estimate of drug-likeness (QED) is 0.798. The summed E-state index contributed by atoms with van der Waals surface area (Å²) in [5.41, 5.74) is 0.731. The van der Waals surface area contributed by atoms with Gasteiger partial charge in [0, 0.05) is 12.7 Å². The molecular formula is C16H22N2O3. The summed E-state index contributed by atoms with van der Waals surface area (Å²) in [5, 5.41) is 0. The number of anilines is 1. The first-order chi connectivity index (χ1) is 9.83. The van der Waals surface area contributed by atoms with Crippen molar-refractivity contribution in [3.63, 3.8) is 0 Å². The second-order valence-electron chi connectivity index (χ2n) is 6.67. The molecular weight excluding hydrogens is 268 g/mol. The van der Waals surface area contributed by atoms with Crippen molar-refractivity contribution < 1.29 is 14.3 Å². The molecule has 1 amide bonds. The van der Waals surface area contributed by atoms with Crippen LogP contribution >= 0.6 is 0 Å². The van der Waals surface area contributed by atoms with Crippen LogP contribution in [-0.4, -0.2) is 30.5 Å². The Morgan fingerprint density at radius 2 is 2.10 bits per heavy atom. The summed E-state index contributed by atoms with van der Waals surface area (Å²) in [7, 11) is 1.36. The highest BCUT2D eigenvalue weighted by atomic mass is 16.5. The fourth-order valence-corrected chi connectivity index (χ4v) is 2.36. The van der Waals surface area contributed by atoms with Crippen molar-refractivity contribution in [1.29, 1.82) is 0 Å². The molecule has 0 radical (unpaired) electrons. The van der Waals surface area contributed by atoms with Gasteiger partial charge in [0.2, 0.25) is 5.91 Å². The van der Waals surface area contributed by atoms with Gasteiger partial charge in [0.05, 0.1) is 30.8 Å². The predicted octanol–water partition coefficient (Wildman–Crippen LogP) is 2.27. The number of ether oxygens (including phenoxy) is 1. The molecule has 2 rings (SSSR count). The molecule has 1 aliphatic carbocycles. The van der Waals surface area contributed by atoms with Gasteiger partial charge in [0.15, 0.2) is 0 Å². The summed E-state index contributed by atoms with van der Waals surface area (Å²) in [6.45, 7) is 6.82. The topological polar surface area (TPSA) is 59.5 Å². The number of nitrogens with zero attached hydrogens (tertiary/aromatic N) is 2. The zero-order valence-electron chi connectivity index (χ0n) is 13.0. The molecule has 1 fully saturated rings. The number of carbonyl (C=O) groups excluding carboxylic acids is 2. The van der Waals surface area contributed by atoms with E-state index in [1.165, 1.54) is 7.11 Å². The highest BCUT2D eigenvalue weighted by Crippen LogP contribution is 2.42. The Morgan fingerprint density at radius 3 is 2.62 bits per heavy atom. The summed E-state index contributed by atoms with van der Waals surface area (Å²) in [6, 6.07) is 3.68. The molecule has 0 N–H and O–H groups in total. The third-order valence-corrected chi connectivity index (χ3v) is 3.47. The number of hydrogen-bond acceptors (Lipinski definition) is 4. The minimum Gasteiger partial charge on any atom is -0.469 e. The first kappa shape index (κ1) is 15.5. The Balaban J connectivity index is 2.17. The zero-order chi connectivity index (χ0) is 15.6. The first-order valence-corrected chi connectivity index (χ1v) is 7.13. The molecule has 0 aromatic carbocycles. The highest BCUT2D eigenvalue weighted by Gasteiger charge is 2.50. The van der Waals surface area contributed by atoms with Crippen LogP contribution in [0.25, 0.3) is 0 Å². The predicted molar refractivity (Wildman–Crippen MR) is 79.7 cm³/mol. The van der Waals surface area contributed by atoms with Gasteiger partial charge in [-0.25, -0.2) is 0 Å². The van der Waals surface area contributed by atoms with Gasteiger partial charge in [-0.05, 0) is 24.0 Å². The lowest BCUT2D eigenvalue weighted by molar-refractivity contribution is -0.143. The Hall–Kier alpha value is -1.91. The zero-order valence-corrected chi connectivity index (χ0v) is 13.0. The van der Waals surface area contributed by atoms with Crippen LogP contribution < -0.4 is 4.90 Å². The summed E-state index contributed by atoms with van der Waals surface area (Å²) >= 11 is 0. The maximum Gasteiger partial charge on any atom is 0.309 e. The molecule has 0 aliphatic heterocycles. The molecule has 1 saturated carbocycles. The van der Waals surface area contributed by atoms with Crippen LogP contribution in [0, 0.1) is 17.3 Å². The SMILES string of the molecule is COC(=O)[C@@H]1C[C@@H]1C(=O)N(CC(C)(C)C)c1cccnc1. The average molecular weight is 290 g/mol. The van der Waals surface area contributed by atoms with E-state index in [4.69, 9.17) is 4.74 Å². The van der Waals surface area contributed by atoms with Crippen LogP contribution in [0.2, 0.25) is 0 Å². The minimum absolute atomic E-state index is 0.0201. The van der Waals surface area contributed by atoms with Gasteiger partial charge >= 0.3 is 5.97 Å². The molecule has 0 bridgehead atoms. The Kier molecular flexibility index (Phi) is 4.30. The lowest BCUT2D eigenvalue weighted by Crippen LogP contribution is -2.39. The van der Waals surface area contributed by atoms with E-state index in [9.17, 15) is 9.59 Å². The fourth-order valence-electron chi connectivity index (χ4n) is 2.36. The third-order valence-electron chi connectivity index (χ3n) is 3.47. The number of rotatable bonds is 4. The van der Waals surface area contributed by atoms with Gasteiger partial charge in [-0.1, -0.05) is 20.8 Å². The summed E-state index contributed by atoms with van der Waals surface area (Å²) in [6.07, 6.45) is 3.93. The Labute approximate surface area is 125 Å². The molecule has 1 aromatic rings. The van der Waals surface area contributed by atoms with Crippen molar-refractivity contribution in [1.82, 2.24) is 4.98 Å². The molecule has 0 saturated heterocycles. The van der Waals surface area contributed by atoms with Crippen molar-refractivity contribution in [3.8, 4) is 0 Å². The van der Waals surface area contributed by atoms with E-state index >= 15 is 0 Å². The summed E-state index contributed by atoms with van der Waals surface area (Å²) < 4.78 is 4.72. The summed E-state index contributed by atoms with van der Waals surface area (Å²) in [4.78, 5) is 30.1. The van der Waals surface area contributed by atoms with Crippen LogP contribution in [0.3, 0.4) is 0 Å².